The third-order valence-corrected chi connectivity index (χ3v) is 0. The summed E-state index contributed by atoms with van der Waals surface area (Å²) in [7, 11) is -1.42. The van der Waals surface area contributed by atoms with E-state index in [0.29, 0.717) is 0 Å². The number of hydrogen-bond donors (Lipinski definition) is 0. The molecule has 0 bridgehead atoms. The van der Waals surface area contributed by atoms with Crippen LogP contribution < -0.4 is 0 Å². The van der Waals surface area contributed by atoms with Gasteiger partial charge in [0.2, 0.25) is 0 Å². The van der Waals surface area contributed by atoms with Gasteiger partial charge in [0.15, 0.2) is 0 Å². The third kappa shape index (κ3) is 117. The molecule has 3 nitrogen and oxygen atoms in total. The molecule has 0 spiro atoms. The Morgan fingerprint density at radius 3 is 1.20 bits per heavy atom. The van der Waals surface area contributed by atoms with Crippen LogP contribution in [0.25, 0.3) is 0 Å². The molecular formula is HfO3Si. The summed E-state index contributed by atoms with van der Waals surface area (Å²) in [5.74, 6) is 0. The molecule has 0 aliphatic rings. The molecule has 0 rings (SSSR count). The van der Waals surface area contributed by atoms with Gasteiger partial charge in [0.25, 0.3) is 0 Å². The summed E-state index contributed by atoms with van der Waals surface area (Å²) in [6, 6.07) is 0. The Kier molecular flexibility index (Phi) is 44.8. The Hall–Kier alpha value is 0.487. The predicted molar refractivity (Wildman–Crippen MR) is 7.81 cm³/mol. The molecule has 0 unspecified atom stereocenters. The van der Waals surface area contributed by atoms with Crippen LogP contribution in [0, 0.1) is 0 Å². The fraction of sp³-hybridized carbons (Fsp3) is 0. The van der Waals surface area contributed by atoms with Crippen LogP contribution in [-0.4, -0.2) is 9.29 Å². The predicted octanol–water partition coefficient (Wildman–Crippen LogP) is -0.740. The monoisotopic (exact) mass is 256 g/mol. The van der Waals surface area contributed by atoms with Crippen LogP contribution in [0.15, 0.2) is 0 Å². The van der Waals surface area contributed by atoms with Crippen LogP contribution in [0.3, 0.4) is 0 Å². The van der Waals surface area contributed by atoms with Crippen molar-refractivity contribution < 1.29 is 36.2 Å². The van der Waals surface area contributed by atoms with Gasteiger partial charge in [-0.3, -0.25) is 8.92 Å². The zero-order valence-corrected chi connectivity index (χ0v) is 6.82. The van der Waals surface area contributed by atoms with E-state index in [1.807, 2.05) is 0 Å². The van der Waals surface area contributed by atoms with Crippen molar-refractivity contribution in [3.8, 4) is 0 Å². The average molecular weight is 255 g/mol. The summed E-state index contributed by atoms with van der Waals surface area (Å²) in [4.78, 5) is 0. The van der Waals surface area contributed by atoms with Gasteiger partial charge >= 0.3 is 36.5 Å². The van der Waals surface area contributed by atoms with Gasteiger partial charge in [-0.05, 0) is 0 Å². The molecule has 0 heterocycles. The van der Waals surface area contributed by atoms with Gasteiger partial charge in [-0.1, -0.05) is 0 Å². The Morgan fingerprint density at radius 2 is 1.20 bits per heavy atom. The van der Waals surface area contributed by atoms with Crippen LogP contribution in [-0.2, 0) is 36.2 Å². The van der Waals surface area contributed by atoms with Crippen molar-refractivity contribution in [2.75, 3.05) is 0 Å². The first kappa shape index (κ1) is 9.09. The Bertz CT molecular complexity index is 36.2. The second kappa shape index (κ2) is 24.7. The van der Waals surface area contributed by atoms with Gasteiger partial charge < -0.3 is 0 Å². The molecule has 0 saturated heterocycles. The molecule has 0 saturated carbocycles. The molecule has 0 amide bonds. The van der Waals surface area contributed by atoms with E-state index in [1.165, 1.54) is 0 Å². The van der Waals surface area contributed by atoms with Crippen molar-refractivity contribution >= 4 is 9.29 Å². The van der Waals surface area contributed by atoms with Crippen molar-refractivity contribution in [3.63, 3.8) is 0 Å². The summed E-state index contributed by atoms with van der Waals surface area (Å²) in [5.41, 5.74) is 0. The molecular weight excluding hydrogens is 255 g/mol. The average Bonchev–Trinajstić information content (AvgIpc) is 1.46. The second-order valence-electron chi connectivity index (χ2n) is 0.0833. The van der Waals surface area contributed by atoms with Crippen molar-refractivity contribution in [1.82, 2.24) is 0 Å². The first-order valence-corrected chi connectivity index (χ1v) is 2.90. The van der Waals surface area contributed by atoms with E-state index in [9.17, 15) is 0 Å². The van der Waals surface area contributed by atoms with E-state index in [4.69, 9.17) is 11.8 Å². The van der Waals surface area contributed by atoms with Crippen molar-refractivity contribution in [2.45, 2.75) is 0 Å². The van der Waals surface area contributed by atoms with Gasteiger partial charge in [0, 0.05) is 0 Å². The number of hydrogen-bond acceptors (Lipinski definition) is 3. The zero-order chi connectivity index (χ0) is 4.71. The molecule has 0 radical (unpaired) electrons. The minimum absolute atomic E-state index is 0.0556. The molecule has 0 aromatic carbocycles. The Balaban J connectivity index is 0. The first-order valence-electron chi connectivity index (χ1n) is 0.612. The van der Waals surface area contributed by atoms with E-state index in [2.05, 4.69) is 0 Å². The van der Waals surface area contributed by atoms with Crippen molar-refractivity contribution in [3.05, 3.63) is 0 Å². The summed E-state index contributed by atoms with van der Waals surface area (Å²) in [5, 5.41) is 0. The van der Waals surface area contributed by atoms with Crippen LogP contribution >= 0.6 is 0 Å². The normalized spacial score (nSPS) is 2.20. The summed E-state index contributed by atoms with van der Waals surface area (Å²) >= 11 is 0.0556. The van der Waals surface area contributed by atoms with Crippen molar-refractivity contribution in [2.24, 2.45) is 0 Å². The van der Waals surface area contributed by atoms with Crippen LogP contribution in [0.1, 0.15) is 0 Å². The van der Waals surface area contributed by atoms with Gasteiger partial charge in [-0.15, -0.1) is 0 Å². The number of rotatable bonds is 0. The first-order chi connectivity index (χ1) is 2.41. The van der Waals surface area contributed by atoms with Crippen LogP contribution in [0.4, 0.5) is 0 Å². The molecule has 0 aliphatic carbocycles. The minimum atomic E-state index is -1.42. The van der Waals surface area contributed by atoms with E-state index in [-0.39, 0.29) is 24.4 Å². The quantitative estimate of drug-likeness (QED) is 0.535. The van der Waals surface area contributed by atoms with Crippen LogP contribution in [0.5, 0.6) is 0 Å². The standard InChI is InChI=1S/Hf.O2Si.O/c;1-3-2;. The van der Waals surface area contributed by atoms with Gasteiger partial charge in [0.05, 0.1) is 0 Å². The Labute approximate surface area is 45.7 Å². The van der Waals surface area contributed by atoms with E-state index in [0.717, 1.165) is 0 Å². The molecule has 0 atom stereocenters. The summed E-state index contributed by atoms with van der Waals surface area (Å²) < 4.78 is 25.2. The molecule has 0 N–H and O–H groups in total. The summed E-state index contributed by atoms with van der Waals surface area (Å²) in [6.07, 6.45) is 0. The summed E-state index contributed by atoms with van der Waals surface area (Å²) in [6.45, 7) is 0. The molecule has 5 heteroatoms. The van der Waals surface area contributed by atoms with Crippen molar-refractivity contribution in [1.29, 1.82) is 0 Å². The maximum atomic E-state index is 8.40. The van der Waals surface area contributed by atoms with Crippen LogP contribution in [0.2, 0.25) is 0 Å². The third-order valence-electron chi connectivity index (χ3n) is 0. The van der Waals surface area contributed by atoms with Gasteiger partial charge in [-0.25, -0.2) is 0 Å². The molecule has 0 aromatic heterocycles. The fourth-order valence-electron chi connectivity index (χ4n) is 0. The van der Waals surface area contributed by atoms with Gasteiger partial charge in [-0.2, -0.15) is 0 Å². The topological polar surface area (TPSA) is 51.2 Å². The fourth-order valence-corrected chi connectivity index (χ4v) is 0. The zero-order valence-electron chi connectivity index (χ0n) is 2.22. The molecule has 0 aliphatic heterocycles. The van der Waals surface area contributed by atoms with E-state index >= 15 is 0 Å². The molecule has 0 fully saturated rings. The van der Waals surface area contributed by atoms with E-state index in [1.54, 1.807) is 0 Å². The SMILES string of the molecule is O=[Si]=O.[O]=[Hf]. The molecule has 5 heavy (non-hydrogen) atoms. The Morgan fingerprint density at radius 1 is 1.20 bits per heavy atom. The second-order valence-corrected chi connectivity index (χ2v) is 0.250. The molecule has 0 aromatic rings. The van der Waals surface area contributed by atoms with Gasteiger partial charge in [0.1, 0.15) is 0 Å². The molecule has 26 valence electrons. The maximum absolute atomic E-state index is 8.40. The van der Waals surface area contributed by atoms with E-state index < -0.39 is 9.29 Å².